The van der Waals surface area contributed by atoms with Crippen molar-refractivity contribution in [2.75, 3.05) is 5.32 Å². The largest absolute Gasteiger partial charge is 0.318 e. The van der Waals surface area contributed by atoms with Gasteiger partial charge in [0.2, 0.25) is 0 Å². The number of nitrogens with one attached hydrogen (secondary N) is 1. The monoisotopic (exact) mass is 374 g/mol. The fourth-order valence-corrected chi connectivity index (χ4v) is 2.37. The van der Waals surface area contributed by atoms with Gasteiger partial charge in [0.15, 0.2) is 5.69 Å². The lowest BCUT2D eigenvalue weighted by molar-refractivity contribution is 0.102. The molecule has 0 aliphatic carbocycles. The second-order valence-corrected chi connectivity index (χ2v) is 5.76. The van der Waals surface area contributed by atoms with E-state index in [1.54, 1.807) is 23.7 Å². The normalized spacial score (nSPS) is 10.6. The number of halogens is 2. The molecule has 5 nitrogen and oxygen atoms in total. The molecule has 2 aromatic carbocycles. The van der Waals surface area contributed by atoms with Gasteiger partial charge in [-0.3, -0.25) is 4.79 Å². The van der Waals surface area contributed by atoms with Crippen molar-refractivity contribution >= 4 is 27.5 Å². The molecule has 0 unspecified atom stereocenters. The number of benzene rings is 2. The van der Waals surface area contributed by atoms with Crippen LogP contribution in [0.3, 0.4) is 0 Å². The Morgan fingerprint density at radius 2 is 1.87 bits per heavy atom. The van der Waals surface area contributed by atoms with Crippen LogP contribution in [0.4, 0.5) is 10.1 Å². The van der Waals surface area contributed by atoms with E-state index in [1.165, 1.54) is 12.1 Å². The SMILES string of the molecule is Cc1c(C(=O)Nc2ccccc2F)nnn1-c1ccc(Br)cc1. The van der Waals surface area contributed by atoms with E-state index in [0.717, 1.165) is 10.2 Å². The van der Waals surface area contributed by atoms with Crippen molar-refractivity contribution in [3.8, 4) is 5.69 Å². The molecule has 0 aliphatic heterocycles. The van der Waals surface area contributed by atoms with Gasteiger partial charge in [0.25, 0.3) is 5.91 Å². The number of carbonyl (C=O) groups excluding carboxylic acids is 1. The highest BCUT2D eigenvalue weighted by Crippen LogP contribution is 2.18. The smallest absolute Gasteiger partial charge is 0.278 e. The van der Waals surface area contributed by atoms with Crippen LogP contribution in [0.2, 0.25) is 0 Å². The first-order valence-corrected chi connectivity index (χ1v) is 7.59. The highest BCUT2D eigenvalue weighted by molar-refractivity contribution is 9.10. The number of hydrogen-bond donors (Lipinski definition) is 1. The molecule has 116 valence electrons. The van der Waals surface area contributed by atoms with Crippen LogP contribution in [0.5, 0.6) is 0 Å². The average molecular weight is 375 g/mol. The minimum absolute atomic E-state index is 0.107. The van der Waals surface area contributed by atoms with Gasteiger partial charge in [-0.05, 0) is 43.3 Å². The van der Waals surface area contributed by atoms with Gasteiger partial charge in [-0.1, -0.05) is 33.3 Å². The molecule has 0 fully saturated rings. The molecule has 1 N–H and O–H groups in total. The van der Waals surface area contributed by atoms with Crippen molar-refractivity contribution in [2.45, 2.75) is 6.92 Å². The Morgan fingerprint density at radius 3 is 2.57 bits per heavy atom. The van der Waals surface area contributed by atoms with E-state index in [-0.39, 0.29) is 11.4 Å². The van der Waals surface area contributed by atoms with Crippen LogP contribution >= 0.6 is 15.9 Å². The molecule has 3 rings (SSSR count). The van der Waals surface area contributed by atoms with Crippen molar-refractivity contribution in [1.29, 1.82) is 0 Å². The van der Waals surface area contributed by atoms with E-state index < -0.39 is 11.7 Å². The van der Waals surface area contributed by atoms with Gasteiger partial charge in [0.05, 0.1) is 17.1 Å². The lowest BCUT2D eigenvalue weighted by atomic mass is 10.2. The van der Waals surface area contributed by atoms with Gasteiger partial charge in [-0.25, -0.2) is 9.07 Å². The first-order chi connectivity index (χ1) is 11.1. The zero-order chi connectivity index (χ0) is 16.4. The molecule has 0 saturated carbocycles. The predicted molar refractivity (Wildman–Crippen MR) is 88.1 cm³/mol. The third kappa shape index (κ3) is 3.14. The number of nitrogens with zero attached hydrogens (tertiary/aromatic N) is 3. The Labute approximate surface area is 140 Å². The third-order valence-electron chi connectivity index (χ3n) is 3.30. The molecule has 1 amide bonds. The van der Waals surface area contributed by atoms with Gasteiger partial charge >= 0.3 is 0 Å². The van der Waals surface area contributed by atoms with Crippen LogP contribution in [0.15, 0.2) is 53.0 Å². The molecule has 23 heavy (non-hydrogen) atoms. The zero-order valence-electron chi connectivity index (χ0n) is 12.1. The number of hydrogen-bond acceptors (Lipinski definition) is 3. The summed E-state index contributed by atoms with van der Waals surface area (Å²) in [5.41, 5.74) is 1.61. The van der Waals surface area contributed by atoms with Gasteiger partial charge in [-0.2, -0.15) is 0 Å². The van der Waals surface area contributed by atoms with Gasteiger partial charge in [0, 0.05) is 4.47 Å². The molecule has 0 saturated heterocycles. The summed E-state index contributed by atoms with van der Waals surface area (Å²) in [5.74, 6) is -1.00. The van der Waals surface area contributed by atoms with Crippen molar-refractivity contribution in [3.63, 3.8) is 0 Å². The highest BCUT2D eigenvalue weighted by Gasteiger charge is 2.18. The summed E-state index contributed by atoms with van der Waals surface area (Å²) in [7, 11) is 0. The molecule has 7 heteroatoms. The van der Waals surface area contributed by atoms with E-state index in [9.17, 15) is 9.18 Å². The first-order valence-electron chi connectivity index (χ1n) is 6.80. The van der Waals surface area contributed by atoms with E-state index >= 15 is 0 Å². The van der Waals surface area contributed by atoms with Gasteiger partial charge in [-0.15, -0.1) is 5.10 Å². The third-order valence-corrected chi connectivity index (χ3v) is 3.83. The molecular formula is C16H12BrFN4O. The summed E-state index contributed by atoms with van der Waals surface area (Å²) in [5, 5.41) is 10.4. The molecule has 0 aliphatic rings. The highest BCUT2D eigenvalue weighted by atomic mass is 79.9. The van der Waals surface area contributed by atoms with Crippen LogP contribution in [-0.2, 0) is 0 Å². The minimum atomic E-state index is -0.504. The van der Waals surface area contributed by atoms with E-state index in [0.29, 0.717) is 5.69 Å². The van der Waals surface area contributed by atoms with Gasteiger partial charge in [0.1, 0.15) is 5.82 Å². The lowest BCUT2D eigenvalue weighted by Gasteiger charge is -2.06. The van der Waals surface area contributed by atoms with Crippen molar-refractivity contribution in [2.24, 2.45) is 0 Å². The van der Waals surface area contributed by atoms with Gasteiger partial charge < -0.3 is 5.32 Å². The summed E-state index contributed by atoms with van der Waals surface area (Å²) in [4.78, 5) is 12.3. The summed E-state index contributed by atoms with van der Waals surface area (Å²) in [6.45, 7) is 1.73. The summed E-state index contributed by atoms with van der Waals surface area (Å²) < 4.78 is 16.1. The number of amides is 1. The van der Waals surface area contributed by atoms with Crippen molar-refractivity contribution < 1.29 is 9.18 Å². The lowest BCUT2D eigenvalue weighted by Crippen LogP contribution is -2.15. The Kier molecular flexibility index (Phi) is 4.20. The molecule has 0 spiro atoms. The maximum atomic E-state index is 13.6. The molecule has 0 radical (unpaired) electrons. The van der Waals surface area contributed by atoms with Crippen LogP contribution in [-0.4, -0.2) is 20.9 Å². The predicted octanol–water partition coefficient (Wildman–Crippen LogP) is 3.73. The molecule has 0 atom stereocenters. The van der Waals surface area contributed by atoms with Crippen LogP contribution < -0.4 is 5.32 Å². The topological polar surface area (TPSA) is 59.8 Å². The fraction of sp³-hybridized carbons (Fsp3) is 0.0625. The Balaban J connectivity index is 1.88. The minimum Gasteiger partial charge on any atom is -0.318 e. The Hall–Kier alpha value is -2.54. The maximum absolute atomic E-state index is 13.6. The Bertz CT molecular complexity index is 861. The van der Waals surface area contributed by atoms with Crippen LogP contribution in [0.1, 0.15) is 16.2 Å². The summed E-state index contributed by atoms with van der Waals surface area (Å²) in [6, 6.07) is 13.4. The van der Waals surface area contributed by atoms with E-state index in [4.69, 9.17) is 0 Å². The second-order valence-electron chi connectivity index (χ2n) is 4.85. The number of carbonyl (C=O) groups is 1. The summed E-state index contributed by atoms with van der Waals surface area (Å²) in [6.07, 6.45) is 0. The second kappa shape index (κ2) is 6.29. The van der Waals surface area contributed by atoms with Crippen molar-refractivity contribution in [3.05, 3.63) is 70.2 Å². The van der Waals surface area contributed by atoms with E-state index in [1.807, 2.05) is 24.3 Å². The quantitative estimate of drug-likeness (QED) is 0.759. The first kappa shape index (κ1) is 15.4. The van der Waals surface area contributed by atoms with Crippen molar-refractivity contribution in [1.82, 2.24) is 15.0 Å². The van der Waals surface area contributed by atoms with E-state index in [2.05, 4.69) is 31.6 Å². The molecule has 1 aromatic heterocycles. The summed E-state index contributed by atoms with van der Waals surface area (Å²) >= 11 is 3.36. The van der Waals surface area contributed by atoms with Crippen LogP contribution in [0.25, 0.3) is 5.69 Å². The number of anilines is 1. The Morgan fingerprint density at radius 1 is 1.17 bits per heavy atom. The number of rotatable bonds is 3. The molecule has 1 heterocycles. The maximum Gasteiger partial charge on any atom is 0.278 e. The fourth-order valence-electron chi connectivity index (χ4n) is 2.11. The molecule has 3 aromatic rings. The van der Waals surface area contributed by atoms with Crippen LogP contribution in [0, 0.1) is 12.7 Å². The molecule has 0 bridgehead atoms. The number of aromatic nitrogens is 3. The standard InChI is InChI=1S/C16H12BrFN4O/c1-10-15(16(23)19-14-5-3-2-4-13(14)18)20-21-22(10)12-8-6-11(17)7-9-12/h2-9H,1H3,(H,19,23). The molecular weight excluding hydrogens is 363 g/mol. The number of para-hydroxylation sites is 1. The average Bonchev–Trinajstić information content (AvgIpc) is 2.92. The zero-order valence-corrected chi connectivity index (χ0v) is 13.7.